The molecule has 0 saturated carbocycles. The molecule has 2 fully saturated rings. The maximum absolute atomic E-state index is 11.2. The minimum Gasteiger partial charge on any atom is -0.313 e. The Morgan fingerprint density at radius 3 is 2.80 bits per heavy atom. The lowest BCUT2D eigenvalue weighted by Crippen LogP contribution is -2.48. The highest BCUT2D eigenvalue weighted by Gasteiger charge is 2.22. The van der Waals surface area contributed by atoms with Crippen LogP contribution in [0, 0.1) is 5.92 Å². The second-order valence-electron chi connectivity index (χ2n) is 4.93. The van der Waals surface area contributed by atoms with Crippen molar-refractivity contribution in [3.05, 3.63) is 0 Å². The third kappa shape index (κ3) is 3.54. The van der Waals surface area contributed by atoms with Crippen LogP contribution in [-0.2, 0) is 10.8 Å². The van der Waals surface area contributed by atoms with Crippen LogP contribution < -0.4 is 5.32 Å². The zero-order valence-corrected chi connectivity index (χ0v) is 10.4. The van der Waals surface area contributed by atoms with Crippen LogP contribution in [0.3, 0.4) is 0 Å². The molecule has 3 nitrogen and oxygen atoms in total. The Hall–Kier alpha value is 0.0700. The molecule has 0 aromatic heterocycles. The Balaban J connectivity index is 1.74. The Labute approximate surface area is 95.1 Å². The van der Waals surface area contributed by atoms with E-state index in [2.05, 4.69) is 17.1 Å². The van der Waals surface area contributed by atoms with Gasteiger partial charge in [0.15, 0.2) is 0 Å². The van der Waals surface area contributed by atoms with E-state index in [1.165, 1.54) is 19.4 Å². The lowest BCUT2D eigenvalue weighted by molar-refractivity contribution is 0.218. The molecule has 0 amide bonds. The first-order valence-corrected chi connectivity index (χ1v) is 7.53. The van der Waals surface area contributed by atoms with Crippen LogP contribution in [0.5, 0.6) is 0 Å². The van der Waals surface area contributed by atoms with Gasteiger partial charge >= 0.3 is 0 Å². The first kappa shape index (κ1) is 11.6. The molecule has 0 aromatic rings. The van der Waals surface area contributed by atoms with Crippen molar-refractivity contribution < 1.29 is 4.21 Å². The Kier molecular flexibility index (Phi) is 4.17. The molecule has 2 aliphatic rings. The van der Waals surface area contributed by atoms with Gasteiger partial charge in [-0.2, -0.15) is 0 Å². The molecule has 0 bridgehead atoms. The second kappa shape index (κ2) is 5.41. The summed E-state index contributed by atoms with van der Waals surface area (Å²) >= 11 is 0. The predicted molar refractivity (Wildman–Crippen MR) is 64.5 cm³/mol. The van der Waals surface area contributed by atoms with Gasteiger partial charge in [0.2, 0.25) is 0 Å². The van der Waals surface area contributed by atoms with Crippen molar-refractivity contribution in [3.8, 4) is 0 Å². The summed E-state index contributed by atoms with van der Waals surface area (Å²) in [5.74, 6) is 2.63. The zero-order valence-electron chi connectivity index (χ0n) is 9.58. The number of rotatable bonds is 2. The van der Waals surface area contributed by atoms with Gasteiger partial charge in [0.1, 0.15) is 0 Å². The molecule has 2 rings (SSSR count). The van der Waals surface area contributed by atoms with Crippen LogP contribution in [0.2, 0.25) is 0 Å². The standard InChI is InChI=1S/C11H22N2OS/c1-10-2-3-12-11(8-10)9-13-4-6-15(14)7-5-13/h10-12H,2-9H2,1H3. The summed E-state index contributed by atoms with van der Waals surface area (Å²) in [4.78, 5) is 2.47. The molecule has 0 spiro atoms. The van der Waals surface area contributed by atoms with Gasteiger partial charge in [-0.25, -0.2) is 0 Å². The summed E-state index contributed by atoms with van der Waals surface area (Å²) in [6.07, 6.45) is 2.63. The van der Waals surface area contributed by atoms with E-state index in [-0.39, 0.29) is 0 Å². The average Bonchev–Trinajstić information content (AvgIpc) is 2.22. The Bertz CT molecular complexity index is 225. The van der Waals surface area contributed by atoms with Crippen molar-refractivity contribution in [1.82, 2.24) is 10.2 Å². The SMILES string of the molecule is CC1CCNC(CN2CCS(=O)CC2)C1. The van der Waals surface area contributed by atoms with Crippen LogP contribution >= 0.6 is 0 Å². The maximum atomic E-state index is 11.2. The van der Waals surface area contributed by atoms with Crippen LogP contribution in [0.15, 0.2) is 0 Å². The number of hydrogen-bond donors (Lipinski definition) is 1. The fourth-order valence-electron chi connectivity index (χ4n) is 2.53. The lowest BCUT2D eigenvalue weighted by Gasteiger charge is -2.34. The number of nitrogens with zero attached hydrogens (tertiary/aromatic N) is 1. The molecule has 4 heteroatoms. The molecular formula is C11H22N2OS. The van der Waals surface area contributed by atoms with E-state index in [0.717, 1.165) is 37.1 Å². The van der Waals surface area contributed by atoms with Gasteiger partial charge in [-0.15, -0.1) is 0 Å². The summed E-state index contributed by atoms with van der Waals surface area (Å²) in [7, 11) is -0.537. The van der Waals surface area contributed by atoms with Gasteiger partial charge in [0.25, 0.3) is 0 Å². The minimum atomic E-state index is -0.537. The highest BCUT2D eigenvalue weighted by molar-refractivity contribution is 7.85. The molecule has 15 heavy (non-hydrogen) atoms. The summed E-state index contributed by atoms with van der Waals surface area (Å²) in [5.41, 5.74) is 0. The van der Waals surface area contributed by atoms with E-state index in [1.807, 2.05) is 0 Å². The molecule has 2 saturated heterocycles. The van der Waals surface area contributed by atoms with E-state index in [9.17, 15) is 4.21 Å². The van der Waals surface area contributed by atoms with E-state index in [0.29, 0.717) is 6.04 Å². The molecule has 88 valence electrons. The smallest absolute Gasteiger partial charge is 0.0363 e. The third-order valence-corrected chi connectivity index (χ3v) is 4.78. The van der Waals surface area contributed by atoms with Gasteiger partial charge in [-0.3, -0.25) is 9.11 Å². The largest absolute Gasteiger partial charge is 0.313 e. The van der Waals surface area contributed by atoms with Gasteiger partial charge in [0.05, 0.1) is 0 Å². The third-order valence-electron chi connectivity index (χ3n) is 3.51. The molecular weight excluding hydrogens is 208 g/mol. The summed E-state index contributed by atoms with van der Waals surface area (Å²) in [6.45, 7) is 6.73. The van der Waals surface area contributed by atoms with Crippen LogP contribution in [0.4, 0.5) is 0 Å². The average molecular weight is 230 g/mol. The van der Waals surface area contributed by atoms with E-state index in [1.54, 1.807) is 0 Å². The first-order valence-electron chi connectivity index (χ1n) is 6.05. The minimum absolute atomic E-state index is 0.537. The summed E-state index contributed by atoms with van der Waals surface area (Å²) < 4.78 is 11.2. The van der Waals surface area contributed by atoms with E-state index >= 15 is 0 Å². The fraction of sp³-hybridized carbons (Fsp3) is 1.00. The van der Waals surface area contributed by atoms with Gasteiger partial charge in [0, 0.05) is 48.0 Å². The Morgan fingerprint density at radius 2 is 2.13 bits per heavy atom. The fourth-order valence-corrected chi connectivity index (χ4v) is 3.66. The molecule has 2 atom stereocenters. The first-order chi connectivity index (χ1) is 7.24. The van der Waals surface area contributed by atoms with E-state index < -0.39 is 10.8 Å². The zero-order chi connectivity index (χ0) is 10.7. The number of hydrogen-bond acceptors (Lipinski definition) is 3. The molecule has 1 N–H and O–H groups in total. The predicted octanol–water partition coefficient (Wildman–Crippen LogP) is 0.439. The van der Waals surface area contributed by atoms with Crippen LogP contribution in [0.1, 0.15) is 19.8 Å². The normalized spacial score (nSPS) is 35.5. The molecule has 0 aromatic carbocycles. The second-order valence-corrected chi connectivity index (χ2v) is 6.63. The maximum Gasteiger partial charge on any atom is 0.0363 e. The lowest BCUT2D eigenvalue weighted by atomic mass is 9.94. The molecule has 2 aliphatic heterocycles. The Morgan fingerprint density at radius 1 is 1.40 bits per heavy atom. The molecule has 2 unspecified atom stereocenters. The van der Waals surface area contributed by atoms with E-state index in [4.69, 9.17) is 0 Å². The summed E-state index contributed by atoms with van der Waals surface area (Å²) in [6, 6.07) is 0.667. The monoisotopic (exact) mass is 230 g/mol. The van der Waals surface area contributed by atoms with Crippen LogP contribution in [-0.4, -0.2) is 52.8 Å². The highest BCUT2D eigenvalue weighted by Crippen LogP contribution is 2.16. The van der Waals surface area contributed by atoms with Gasteiger partial charge in [-0.1, -0.05) is 6.92 Å². The topological polar surface area (TPSA) is 32.3 Å². The van der Waals surface area contributed by atoms with Crippen molar-refractivity contribution >= 4 is 10.8 Å². The summed E-state index contributed by atoms with van der Waals surface area (Å²) in [5, 5.41) is 3.59. The van der Waals surface area contributed by atoms with Crippen molar-refractivity contribution in [2.45, 2.75) is 25.8 Å². The van der Waals surface area contributed by atoms with Crippen molar-refractivity contribution in [2.24, 2.45) is 5.92 Å². The number of nitrogens with one attached hydrogen (secondary N) is 1. The highest BCUT2D eigenvalue weighted by atomic mass is 32.2. The molecule has 0 aliphatic carbocycles. The van der Waals surface area contributed by atoms with Crippen molar-refractivity contribution in [3.63, 3.8) is 0 Å². The molecule has 2 heterocycles. The van der Waals surface area contributed by atoms with Gasteiger partial charge < -0.3 is 5.32 Å². The molecule has 0 radical (unpaired) electrons. The quantitative estimate of drug-likeness (QED) is 0.747. The van der Waals surface area contributed by atoms with Crippen LogP contribution in [0.25, 0.3) is 0 Å². The van der Waals surface area contributed by atoms with Crippen molar-refractivity contribution in [1.29, 1.82) is 0 Å². The van der Waals surface area contributed by atoms with Crippen molar-refractivity contribution in [2.75, 3.05) is 37.7 Å². The number of piperidine rings is 1. The van der Waals surface area contributed by atoms with Gasteiger partial charge in [-0.05, 0) is 25.3 Å².